The molecule has 0 aliphatic carbocycles. The second kappa shape index (κ2) is 3.33. The van der Waals surface area contributed by atoms with Crippen molar-refractivity contribution in [2.75, 3.05) is 13.7 Å². The average Bonchev–Trinajstić information content (AvgIpc) is 2.17. The lowest BCUT2D eigenvalue weighted by molar-refractivity contribution is 0.0932. The van der Waals surface area contributed by atoms with Gasteiger partial charge in [-0.15, -0.1) is 0 Å². The van der Waals surface area contributed by atoms with E-state index in [1.807, 2.05) is 13.0 Å². The van der Waals surface area contributed by atoms with Crippen LogP contribution in [0.1, 0.15) is 22.3 Å². The maximum absolute atomic E-state index is 11.6. The zero-order valence-electron chi connectivity index (χ0n) is 8.29. The van der Waals surface area contributed by atoms with Crippen LogP contribution in [0.3, 0.4) is 0 Å². The van der Waals surface area contributed by atoms with Crippen molar-refractivity contribution in [1.82, 2.24) is 0 Å². The number of Topliss-reactive ketones (excluding diaryl/α,β-unsaturated/α-hetero) is 1. The van der Waals surface area contributed by atoms with Gasteiger partial charge in [0.05, 0.1) is 19.3 Å². The fourth-order valence-electron chi connectivity index (χ4n) is 1.69. The number of ether oxygens (including phenoxy) is 2. The fourth-order valence-corrected chi connectivity index (χ4v) is 1.69. The first-order valence-electron chi connectivity index (χ1n) is 4.57. The van der Waals surface area contributed by atoms with Crippen molar-refractivity contribution in [3.8, 4) is 11.5 Å². The monoisotopic (exact) mass is 192 g/mol. The molecule has 3 nitrogen and oxygen atoms in total. The summed E-state index contributed by atoms with van der Waals surface area (Å²) in [4.78, 5) is 11.6. The number of carbonyl (C=O) groups is 1. The normalized spacial score (nSPS) is 14.6. The molecule has 1 heterocycles. The number of fused-ring (bicyclic) bond motifs is 1. The maximum atomic E-state index is 11.6. The standard InChI is InChI=1S/C11H12O3/c1-7-5-8(13-2)6-10-11(7)9(12)3-4-14-10/h5-6H,3-4H2,1-2H3. The highest BCUT2D eigenvalue weighted by Crippen LogP contribution is 2.31. The van der Waals surface area contributed by atoms with Crippen molar-refractivity contribution >= 4 is 5.78 Å². The van der Waals surface area contributed by atoms with E-state index in [1.54, 1.807) is 13.2 Å². The van der Waals surface area contributed by atoms with Crippen molar-refractivity contribution in [2.45, 2.75) is 13.3 Å². The van der Waals surface area contributed by atoms with Crippen LogP contribution in [0.15, 0.2) is 12.1 Å². The second-order valence-electron chi connectivity index (χ2n) is 3.34. The summed E-state index contributed by atoms with van der Waals surface area (Å²) in [6.45, 7) is 2.37. The van der Waals surface area contributed by atoms with Crippen molar-refractivity contribution < 1.29 is 14.3 Å². The van der Waals surface area contributed by atoms with E-state index in [-0.39, 0.29) is 5.78 Å². The molecule has 0 bridgehead atoms. The van der Waals surface area contributed by atoms with E-state index >= 15 is 0 Å². The molecular formula is C11H12O3. The van der Waals surface area contributed by atoms with Crippen molar-refractivity contribution in [3.63, 3.8) is 0 Å². The van der Waals surface area contributed by atoms with Crippen LogP contribution in [0.4, 0.5) is 0 Å². The zero-order valence-corrected chi connectivity index (χ0v) is 8.29. The summed E-state index contributed by atoms with van der Waals surface area (Å²) in [5, 5.41) is 0. The molecule has 0 atom stereocenters. The number of ketones is 1. The summed E-state index contributed by atoms with van der Waals surface area (Å²) >= 11 is 0. The van der Waals surface area contributed by atoms with E-state index < -0.39 is 0 Å². The van der Waals surface area contributed by atoms with Gasteiger partial charge in [0.15, 0.2) is 5.78 Å². The lowest BCUT2D eigenvalue weighted by atomic mass is 9.99. The molecule has 1 aromatic carbocycles. The summed E-state index contributed by atoms with van der Waals surface area (Å²) in [6, 6.07) is 3.62. The summed E-state index contributed by atoms with van der Waals surface area (Å²) in [5.74, 6) is 1.54. The van der Waals surface area contributed by atoms with Gasteiger partial charge in [-0.05, 0) is 18.6 Å². The van der Waals surface area contributed by atoms with Crippen LogP contribution < -0.4 is 9.47 Å². The molecule has 0 fully saturated rings. The van der Waals surface area contributed by atoms with Crippen LogP contribution >= 0.6 is 0 Å². The van der Waals surface area contributed by atoms with Gasteiger partial charge in [-0.25, -0.2) is 0 Å². The lowest BCUT2D eigenvalue weighted by Crippen LogP contribution is -2.16. The van der Waals surface area contributed by atoms with Crippen molar-refractivity contribution in [1.29, 1.82) is 0 Å². The molecule has 0 unspecified atom stereocenters. The third-order valence-electron chi connectivity index (χ3n) is 2.37. The summed E-state index contributed by atoms with van der Waals surface area (Å²) < 4.78 is 10.5. The molecule has 1 aliphatic rings. The van der Waals surface area contributed by atoms with Crippen LogP contribution in [-0.2, 0) is 0 Å². The van der Waals surface area contributed by atoms with E-state index in [4.69, 9.17) is 9.47 Å². The Bertz CT molecular complexity index is 382. The third-order valence-corrected chi connectivity index (χ3v) is 2.37. The van der Waals surface area contributed by atoms with Crippen LogP contribution in [0, 0.1) is 6.92 Å². The molecule has 0 spiro atoms. The minimum Gasteiger partial charge on any atom is -0.497 e. The van der Waals surface area contributed by atoms with Gasteiger partial charge >= 0.3 is 0 Å². The smallest absolute Gasteiger partial charge is 0.170 e. The van der Waals surface area contributed by atoms with E-state index in [9.17, 15) is 4.79 Å². The van der Waals surface area contributed by atoms with Crippen LogP contribution in [0.25, 0.3) is 0 Å². The maximum Gasteiger partial charge on any atom is 0.170 e. The Balaban J connectivity index is 2.56. The van der Waals surface area contributed by atoms with Crippen molar-refractivity contribution in [3.05, 3.63) is 23.3 Å². The fraction of sp³-hybridized carbons (Fsp3) is 0.364. The molecular weight excluding hydrogens is 180 g/mol. The van der Waals surface area contributed by atoms with Gasteiger partial charge in [0.1, 0.15) is 11.5 Å². The van der Waals surface area contributed by atoms with E-state index in [1.165, 1.54) is 0 Å². The van der Waals surface area contributed by atoms with Gasteiger partial charge in [-0.2, -0.15) is 0 Å². The highest BCUT2D eigenvalue weighted by atomic mass is 16.5. The predicted molar refractivity (Wildman–Crippen MR) is 52.2 cm³/mol. The Hall–Kier alpha value is -1.51. The molecule has 14 heavy (non-hydrogen) atoms. The SMILES string of the molecule is COc1cc(C)c2c(c1)OCCC2=O. The van der Waals surface area contributed by atoms with Crippen LogP contribution in [0.5, 0.6) is 11.5 Å². The quantitative estimate of drug-likeness (QED) is 0.682. The Kier molecular flexibility index (Phi) is 2.15. The Morgan fingerprint density at radius 1 is 1.43 bits per heavy atom. The van der Waals surface area contributed by atoms with Crippen molar-refractivity contribution in [2.24, 2.45) is 0 Å². The highest BCUT2D eigenvalue weighted by Gasteiger charge is 2.21. The van der Waals surface area contributed by atoms with Gasteiger partial charge < -0.3 is 9.47 Å². The molecule has 0 saturated carbocycles. The third kappa shape index (κ3) is 1.35. The topological polar surface area (TPSA) is 35.5 Å². The molecule has 0 N–H and O–H groups in total. The van der Waals surface area contributed by atoms with Gasteiger partial charge in [0.25, 0.3) is 0 Å². The largest absolute Gasteiger partial charge is 0.497 e. The van der Waals surface area contributed by atoms with E-state index in [0.29, 0.717) is 24.3 Å². The molecule has 1 aliphatic heterocycles. The summed E-state index contributed by atoms with van der Waals surface area (Å²) in [6.07, 6.45) is 0.472. The highest BCUT2D eigenvalue weighted by molar-refractivity contribution is 6.01. The first kappa shape index (κ1) is 9.06. The predicted octanol–water partition coefficient (Wildman–Crippen LogP) is 1.97. The molecule has 74 valence electrons. The minimum atomic E-state index is 0.159. The van der Waals surface area contributed by atoms with Crippen LogP contribution in [0.2, 0.25) is 0 Å². The molecule has 2 rings (SSSR count). The molecule has 1 aromatic rings. The van der Waals surface area contributed by atoms with Gasteiger partial charge in [-0.3, -0.25) is 4.79 Å². The molecule has 0 amide bonds. The second-order valence-corrected chi connectivity index (χ2v) is 3.34. The van der Waals surface area contributed by atoms with E-state index in [2.05, 4.69) is 0 Å². The van der Waals surface area contributed by atoms with Crippen LogP contribution in [-0.4, -0.2) is 19.5 Å². The van der Waals surface area contributed by atoms with Gasteiger partial charge in [0, 0.05) is 12.5 Å². The lowest BCUT2D eigenvalue weighted by Gasteiger charge is -2.18. The summed E-state index contributed by atoms with van der Waals surface area (Å²) in [7, 11) is 1.60. The number of hydrogen-bond donors (Lipinski definition) is 0. The number of methoxy groups -OCH3 is 1. The number of benzene rings is 1. The molecule has 3 heteroatoms. The van der Waals surface area contributed by atoms with Gasteiger partial charge in [0.2, 0.25) is 0 Å². The number of carbonyl (C=O) groups excluding carboxylic acids is 1. The Morgan fingerprint density at radius 3 is 2.93 bits per heavy atom. The van der Waals surface area contributed by atoms with E-state index in [0.717, 1.165) is 11.3 Å². The zero-order chi connectivity index (χ0) is 10.1. The average molecular weight is 192 g/mol. The Labute approximate surface area is 82.6 Å². The number of aryl methyl sites for hydroxylation is 1. The number of hydrogen-bond acceptors (Lipinski definition) is 3. The first-order valence-corrected chi connectivity index (χ1v) is 4.57. The summed E-state index contributed by atoms with van der Waals surface area (Å²) in [5.41, 5.74) is 1.63. The Morgan fingerprint density at radius 2 is 2.21 bits per heavy atom. The molecule has 0 saturated heterocycles. The molecule has 0 aromatic heterocycles. The minimum absolute atomic E-state index is 0.159. The first-order chi connectivity index (χ1) is 6.72. The number of rotatable bonds is 1. The van der Waals surface area contributed by atoms with Gasteiger partial charge in [-0.1, -0.05) is 0 Å². The molecule has 0 radical (unpaired) electrons.